The Balaban J connectivity index is 1.91. The molecular weight excluding hydrogens is 244 g/mol. The Labute approximate surface area is 113 Å². The maximum Gasteiger partial charge on any atom is 0.263 e. The highest BCUT2D eigenvalue weighted by molar-refractivity contribution is 5.81. The van der Waals surface area contributed by atoms with Crippen LogP contribution in [-0.2, 0) is 9.53 Å². The van der Waals surface area contributed by atoms with Crippen molar-refractivity contribution in [3.8, 4) is 5.75 Å². The number of nitrogens with zero attached hydrogens (tertiary/aromatic N) is 1. The molecule has 1 heterocycles. The van der Waals surface area contributed by atoms with E-state index in [2.05, 4.69) is 5.32 Å². The van der Waals surface area contributed by atoms with Crippen LogP contribution in [0, 0.1) is 0 Å². The van der Waals surface area contributed by atoms with E-state index in [0.29, 0.717) is 32.1 Å². The molecule has 5 heteroatoms. The second-order valence-electron chi connectivity index (χ2n) is 4.47. The highest BCUT2D eigenvalue weighted by Crippen LogP contribution is 2.17. The third-order valence-electron chi connectivity index (χ3n) is 3.13. The topological polar surface area (TPSA) is 50.8 Å². The summed E-state index contributed by atoms with van der Waals surface area (Å²) >= 11 is 0. The third-order valence-corrected chi connectivity index (χ3v) is 3.13. The largest absolute Gasteiger partial charge is 0.481 e. The summed E-state index contributed by atoms with van der Waals surface area (Å²) < 4.78 is 10.9. The summed E-state index contributed by atoms with van der Waals surface area (Å²) in [6.07, 6.45) is -0.474. The number of morpholine rings is 1. The molecule has 19 heavy (non-hydrogen) atoms. The van der Waals surface area contributed by atoms with E-state index in [0.717, 1.165) is 5.69 Å². The molecule has 1 aromatic rings. The summed E-state index contributed by atoms with van der Waals surface area (Å²) in [7, 11) is 1.86. The van der Waals surface area contributed by atoms with Crippen molar-refractivity contribution in [3.05, 3.63) is 24.3 Å². The quantitative estimate of drug-likeness (QED) is 0.892. The molecule has 1 saturated heterocycles. The van der Waals surface area contributed by atoms with Gasteiger partial charge in [0.25, 0.3) is 5.91 Å². The Hall–Kier alpha value is -1.75. The molecule has 0 saturated carbocycles. The lowest BCUT2D eigenvalue weighted by molar-refractivity contribution is -0.142. The first kappa shape index (κ1) is 13.7. The molecule has 1 aliphatic rings. The zero-order valence-electron chi connectivity index (χ0n) is 11.4. The van der Waals surface area contributed by atoms with Crippen LogP contribution in [0.5, 0.6) is 5.75 Å². The van der Waals surface area contributed by atoms with Crippen LogP contribution >= 0.6 is 0 Å². The zero-order valence-corrected chi connectivity index (χ0v) is 11.4. The fraction of sp³-hybridized carbons (Fsp3) is 0.500. The summed E-state index contributed by atoms with van der Waals surface area (Å²) in [6.45, 7) is 4.28. The molecule has 104 valence electrons. The molecule has 0 radical (unpaired) electrons. The molecule has 0 spiro atoms. The van der Waals surface area contributed by atoms with Crippen molar-refractivity contribution in [1.29, 1.82) is 0 Å². The van der Waals surface area contributed by atoms with E-state index in [1.165, 1.54) is 0 Å². The lowest BCUT2D eigenvalue weighted by Crippen LogP contribution is -2.46. The van der Waals surface area contributed by atoms with Crippen molar-refractivity contribution in [3.63, 3.8) is 0 Å². The summed E-state index contributed by atoms with van der Waals surface area (Å²) in [5, 5.41) is 3.04. The number of carbonyl (C=O) groups is 1. The molecular formula is C14H20N2O3. The van der Waals surface area contributed by atoms with Gasteiger partial charge >= 0.3 is 0 Å². The minimum Gasteiger partial charge on any atom is -0.481 e. The normalized spacial score (nSPS) is 16.8. The van der Waals surface area contributed by atoms with Gasteiger partial charge in [0.15, 0.2) is 6.10 Å². The molecule has 5 nitrogen and oxygen atoms in total. The molecule has 1 aromatic carbocycles. The van der Waals surface area contributed by atoms with Gasteiger partial charge in [-0.2, -0.15) is 0 Å². The first-order chi connectivity index (χ1) is 9.20. The van der Waals surface area contributed by atoms with E-state index in [-0.39, 0.29) is 5.91 Å². The predicted molar refractivity (Wildman–Crippen MR) is 73.5 cm³/mol. The summed E-state index contributed by atoms with van der Waals surface area (Å²) in [4.78, 5) is 13.9. The van der Waals surface area contributed by atoms with Gasteiger partial charge < -0.3 is 19.7 Å². The number of nitrogens with one attached hydrogen (secondary N) is 1. The summed E-state index contributed by atoms with van der Waals surface area (Å²) in [5.41, 5.74) is 1.01. The number of ether oxygens (including phenoxy) is 2. The average molecular weight is 264 g/mol. The van der Waals surface area contributed by atoms with Gasteiger partial charge in [-0.1, -0.05) is 0 Å². The molecule has 1 aliphatic heterocycles. The smallest absolute Gasteiger partial charge is 0.263 e. The van der Waals surface area contributed by atoms with E-state index in [1.807, 2.05) is 31.3 Å². The Morgan fingerprint density at radius 3 is 2.53 bits per heavy atom. The molecule has 1 fully saturated rings. The van der Waals surface area contributed by atoms with Crippen LogP contribution in [0.25, 0.3) is 0 Å². The Morgan fingerprint density at radius 1 is 1.32 bits per heavy atom. The second-order valence-corrected chi connectivity index (χ2v) is 4.47. The van der Waals surface area contributed by atoms with Gasteiger partial charge in [-0.15, -0.1) is 0 Å². The second kappa shape index (κ2) is 6.43. The van der Waals surface area contributed by atoms with Crippen molar-refractivity contribution in [2.75, 3.05) is 38.7 Å². The number of benzene rings is 1. The van der Waals surface area contributed by atoms with E-state index >= 15 is 0 Å². The SMILES string of the molecule is CNc1ccc(OC(C)C(=O)N2CCOCC2)cc1. The van der Waals surface area contributed by atoms with Crippen molar-refractivity contribution < 1.29 is 14.3 Å². The molecule has 0 aromatic heterocycles. The molecule has 0 aliphatic carbocycles. The van der Waals surface area contributed by atoms with Crippen LogP contribution < -0.4 is 10.1 Å². The molecule has 1 unspecified atom stereocenters. The van der Waals surface area contributed by atoms with Crippen LogP contribution in [0.3, 0.4) is 0 Å². The standard InChI is InChI=1S/C14H20N2O3/c1-11(14(17)16-7-9-18-10-8-16)19-13-5-3-12(15-2)4-6-13/h3-6,11,15H,7-10H2,1-2H3. The number of carbonyl (C=O) groups excluding carboxylic acids is 1. The van der Waals surface area contributed by atoms with Gasteiger partial charge in [-0.05, 0) is 31.2 Å². The number of anilines is 1. The first-order valence-corrected chi connectivity index (χ1v) is 6.51. The number of rotatable bonds is 4. The van der Waals surface area contributed by atoms with E-state index in [4.69, 9.17) is 9.47 Å². The van der Waals surface area contributed by atoms with Crippen LogP contribution in [0.4, 0.5) is 5.69 Å². The molecule has 1 atom stereocenters. The fourth-order valence-electron chi connectivity index (χ4n) is 2.00. The number of hydrogen-bond acceptors (Lipinski definition) is 4. The lowest BCUT2D eigenvalue weighted by atomic mass is 10.3. The van der Waals surface area contributed by atoms with Crippen LogP contribution in [0.2, 0.25) is 0 Å². The monoisotopic (exact) mass is 264 g/mol. The van der Waals surface area contributed by atoms with Crippen molar-refractivity contribution in [1.82, 2.24) is 4.90 Å². The van der Waals surface area contributed by atoms with E-state index in [1.54, 1.807) is 11.8 Å². The highest BCUT2D eigenvalue weighted by atomic mass is 16.5. The van der Waals surface area contributed by atoms with Gasteiger partial charge in [0.05, 0.1) is 13.2 Å². The first-order valence-electron chi connectivity index (χ1n) is 6.51. The molecule has 2 rings (SSSR count). The fourth-order valence-corrected chi connectivity index (χ4v) is 2.00. The molecule has 1 N–H and O–H groups in total. The van der Waals surface area contributed by atoms with Gasteiger partial charge in [0.1, 0.15) is 5.75 Å². The van der Waals surface area contributed by atoms with E-state index < -0.39 is 6.10 Å². The van der Waals surface area contributed by atoms with Gasteiger partial charge in [-0.25, -0.2) is 0 Å². The molecule has 1 amide bonds. The predicted octanol–water partition coefficient (Wildman–Crippen LogP) is 1.35. The Bertz CT molecular complexity index is 413. The maximum atomic E-state index is 12.2. The Kier molecular flexibility index (Phi) is 4.63. The summed E-state index contributed by atoms with van der Waals surface area (Å²) in [6, 6.07) is 7.55. The van der Waals surface area contributed by atoms with Gasteiger partial charge in [0.2, 0.25) is 0 Å². The maximum absolute atomic E-state index is 12.2. The minimum absolute atomic E-state index is 0.0148. The Morgan fingerprint density at radius 2 is 1.95 bits per heavy atom. The number of amides is 1. The van der Waals surface area contributed by atoms with Crippen molar-refractivity contribution >= 4 is 11.6 Å². The van der Waals surface area contributed by atoms with Gasteiger partial charge in [0, 0.05) is 25.8 Å². The minimum atomic E-state index is -0.474. The van der Waals surface area contributed by atoms with Crippen LogP contribution in [-0.4, -0.2) is 50.3 Å². The third kappa shape index (κ3) is 3.61. The zero-order chi connectivity index (χ0) is 13.7. The lowest BCUT2D eigenvalue weighted by Gasteiger charge is -2.29. The number of hydrogen-bond donors (Lipinski definition) is 1. The average Bonchev–Trinajstić information content (AvgIpc) is 2.48. The van der Waals surface area contributed by atoms with Gasteiger partial charge in [-0.3, -0.25) is 4.79 Å². The van der Waals surface area contributed by atoms with Crippen LogP contribution in [0.1, 0.15) is 6.92 Å². The van der Waals surface area contributed by atoms with Crippen molar-refractivity contribution in [2.24, 2.45) is 0 Å². The highest BCUT2D eigenvalue weighted by Gasteiger charge is 2.23. The van der Waals surface area contributed by atoms with Crippen molar-refractivity contribution in [2.45, 2.75) is 13.0 Å². The van der Waals surface area contributed by atoms with Crippen LogP contribution in [0.15, 0.2) is 24.3 Å². The molecule has 0 bridgehead atoms. The van der Waals surface area contributed by atoms with E-state index in [9.17, 15) is 4.79 Å². The summed E-state index contributed by atoms with van der Waals surface area (Å²) in [5.74, 6) is 0.717.